The smallest absolute Gasteiger partial charge is 0.00180 e. The van der Waals surface area contributed by atoms with Gasteiger partial charge in [0.05, 0.1) is 0 Å². The lowest BCUT2D eigenvalue weighted by molar-refractivity contribution is 0.157. The molecule has 0 radical (unpaired) electrons. The van der Waals surface area contributed by atoms with E-state index in [1.807, 2.05) is 0 Å². The molecule has 1 fully saturated rings. The molecule has 0 aromatic rings. The standard InChI is InChI=1S/C19H39N/c1-3-5-6-7-8-9-10-11-12-13-14-18-15-16-19(18)17-20-4-2/h18-20H,3-17H2,1-2H3. The van der Waals surface area contributed by atoms with Gasteiger partial charge in [-0.3, -0.25) is 0 Å². The van der Waals surface area contributed by atoms with E-state index in [-0.39, 0.29) is 0 Å². The second kappa shape index (κ2) is 12.7. The number of rotatable bonds is 14. The molecule has 0 spiro atoms. The van der Waals surface area contributed by atoms with E-state index in [4.69, 9.17) is 0 Å². The first-order valence-corrected chi connectivity index (χ1v) is 9.59. The third-order valence-electron chi connectivity index (χ3n) is 5.16. The fourth-order valence-electron chi connectivity index (χ4n) is 3.51. The minimum absolute atomic E-state index is 1.01. The second-order valence-corrected chi connectivity index (χ2v) is 6.88. The summed E-state index contributed by atoms with van der Waals surface area (Å²) in [6.07, 6.45) is 19.1. The molecule has 1 heteroatoms. The predicted molar refractivity (Wildman–Crippen MR) is 91.2 cm³/mol. The number of hydrogen-bond acceptors (Lipinski definition) is 1. The Bertz CT molecular complexity index is 202. The Morgan fingerprint density at radius 1 is 0.700 bits per heavy atom. The largest absolute Gasteiger partial charge is 0.317 e. The molecule has 2 unspecified atom stereocenters. The van der Waals surface area contributed by atoms with Crippen LogP contribution in [0, 0.1) is 11.8 Å². The average molecular weight is 282 g/mol. The maximum absolute atomic E-state index is 3.52. The molecule has 1 rings (SSSR count). The molecular formula is C19H39N. The summed E-state index contributed by atoms with van der Waals surface area (Å²) in [6.45, 7) is 6.93. The maximum atomic E-state index is 3.52. The van der Waals surface area contributed by atoms with Crippen molar-refractivity contribution in [3.8, 4) is 0 Å². The van der Waals surface area contributed by atoms with Crippen LogP contribution in [-0.2, 0) is 0 Å². The highest BCUT2D eigenvalue weighted by atomic mass is 14.9. The van der Waals surface area contributed by atoms with Crippen LogP contribution in [0.25, 0.3) is 0 Å². The van der Waals surface area contributed by atoms with Crippen molar-refractivity contribution in [2.45, 2.75) is 97.3 Å². The molecule has 120 valence electrons. The van der Waals surface area contributed by atoms with E-state index in [1.165, 1.54) is 90.0 Å². The van der Waals surface area contributed by atoms with E-state index < -0.39 is 0 Å². The molecule has 0 aromatic carbocycles. The highest BCUT2D eigenvalue weighted by molar-refractivity contribution is 4.81. The van der Waals surface area contributed by atoms with Gasteiger partial charge in [-0.05, 0) is 37.8 Å². The Hall–Kier alpha value is -0.0400. The van der Waals surface area contributed by atoms with Gasteiger partial charge in [-0.15, -0.1) is 0 Å². The van der Waals surface area contributed by atoms with Gasteiger partial charge in [0.1, 0.15) is 0 Å². The van der Waals surface area contributed by atoms with Crippen LogP contribution in [0.3, 0.4) is 0 Å². The van der Waals surface area contributed by atoms with Crippen LogP contribution in [0.15, 0.2) is 0 Å². The van der Waals surface area contributed by atoms with Gasteiger partial charge in [0.2, 0.25) is 0 Å². The van der Waals surface area contributed by atoms with Crippen LogP contribution in [0.1, 0.15) is 97.3 Å². The zero-order chi connectivity index (χ0) is 14.5. The number of unbranched alkanes of at least 4 members (excludes halogenated alkanes) is 9. The molecule has 1 aliphatic rings. The molecule has 0 saturated heterocycles. The summed E-state index contributed by atoms with van der Waals surface area (Å²) in [7, 11) is 0. The minimum atomic E-state index is 1.01. The lowest BCUT2D eigenvalue weighted by atomic mass is 9.71. The van der Waals surface area contributed by atoms with Gasteiger partial charge < -0.3 is 5.32 Å². The summed E-state index contributed by atoms with van der Waals surface area (Å²) in [5.41, 5.74) is 0. The lowest BCUT2D eigenvalue weighted by Gasteiger charge is -2.37. The van der Waals surface area contributed by atoms with Crippen LogP contribution in [0.5, 0.6) is 0 Å². The molecule has 1 saturated carbocycles. The Morgan fingerprint density at radius 2 is 1.25 bits per heavy atom. The molecule has 2 atom stereocenters. The maximum Gasteiger partial charge on any atom is -0.00180 e. The first kappa shape index (κ1) is 18.0. The van der Waals surface area contributed by atoms with E-state index in [0.29, 0.717) is 0 Å². The topological polar surface area (TPSA) is 12.0 Å². The van der Waals surface area contributed by atoms with Crippen molar-refractivity contribution in [1.82, 2.24) is 5.32 Å². The molecular weight excluding hydrogens is 242 g/mol. The van der Waals surface area contributed by atoms with E-state index in [2.05, 4.69) is 19.2 Å². The average Bonchev–Trinajstić information content (AvgIpc) is 2.44. The van der Waals surface area contributed by atoms with Crippen molar-refractivity contribution in [3.05, 3.63) is 0 Å². The van der Waals surface area contributed by atoms with Crippen molar-refractivity contribution >= 4 is 0 Å². The molecule has 1 aliphatic carbocycles. The van der Waals surface area contributed by atoms with Gasteiger partial charge in [-0.25, -0.2) is 0 Å². The second-order valence-electron chi connectivity index (χ2n) is 6.88. The van der Waals surface area contributed by atoms with Crippen LogP contribution in [0.4, 0.5) is 0 Å². The Kier molecular flexibility index (Phi) is 11.4. The predicted octanol–water partition coefficient (Wildman–Crippen LogP) is 5.93. The molecule has 0 bridgehead atoms. The zero-order valence-corrected chi connectivity index (χ0v) is 14.3. The van der Waals surface area contributed by atoms with Crippen molar-refractivity contribution in [2.24, 2.45) is 11.8 Å². The van der Waals surface area contributed by atoms with Gasteiger partial charge in [0.25, 0.3) is 0 Å². The lowest BCUT2D eigenvalue weighted by Crippen LogP contribution is -2.35. The summed E-state index contributed by atoms with van der Waals surface area (Å²) in [6, 6.07) is 0. The zero-order valence-electron chi connectivity index (χ0n) is 14.3. The fourth-order valence-corrected chi connectivity index (χ4v) is 3.51. The summed E-state index contributed by atoms with van der Waals surface area (Å²) in [4.78, 5) is 0. The van der Waals surface area contributed by atoms with Crippen molar-refractivity contribution in [1.29, 1.82) is 0 Å². The Labute approximate surface area is 128 Å². The molecule has 1 N–H and O–H groups in total. The van der Waals surface area contributed by atoms with Crippen LogP contribution < -0.4 is 5.32 Å². The molecule has 0 amide bonds. The Morgan fingerprint density at radius 3 is 1.75 bits per heavy atom. The SMILES string of the molecule is CCCCCCCCCCCCC1CCC1CNCC. The molecule has 20 heavy (non-hydrogen) atoms. The third kappa shape index (κ3) is 8.29. The van der Waals surface area contributed by atoms with E-state index >= 15 is 0 Å². The van der Waals surface area contributed by atoms with Crippen LogP contribution in [0.2, 0.25) is 0 Å². The van der Waals surface area contributed by atoms with Gasteiger partial charge in [-0.2, -0.15) is 0 Å². The van der Waals surface area contributed by atoms with Crippen molar-refractivity contribution < 1.29 is 0 Å². The summed E-state index contributed by atoms with van der Waals surface area (Å²) >= 11 is 0. The van der Waals surface area contributed by atoms with Crippen molar-refractivity contribution in [2.75, 3.05) is 13.1 Å². The summed E-state index contributed by atoms with van der Waals surface area (Å²) in [5.74, 6) is 2.07. The quantitative estimate of drug-likeness (QED) is 0.389. The molecule has 0 heterocycles. The summed E-state index contributed by atoms with van der Waals surface area (Å²) < 4.78 is 0. The van der Waals surface area contributed by atoms with Crippen LogP contribution in [-0.4, -0.2) is 13.1 Å². The van der Waals surface area contributed by atoms with Gasteiger partial charge in [0.15, 0.2) is 0 Å². The molecule has 1 nitrogen and oxygen atoms in total. The van der Waals surface area contributed by atoms with Crippen molar-refractivity contribution in [3.63, 3.8) is 0 Å². The number of nitrogens with one attached hydrogen (secondary N) is 1. The van der Waals surface area contributed by atoms with Crippen LogP contribution >= 0.6 is 0 Å². The number of hydrogen-bond donors (Lipinski definition) is 1. The molecule has 0 aromatic heterocycles. The van der Waals surface area contributed by atoms with Gasteiger partial charge >= 0.3 is 0 Å². The first-order chi connectivity index (χ1) is 9.88. The molecule has 0 aliphatic heterocycles. The normalized spacial score (nSPS) is 21.9. The van der Waals surface area contributed by atoms with Gasteiger partial charge in [0, 0.05) is 0 Å². The Balaban J connectivity index is 1.78. The highest BCUT2D eigenvalue weighted by Crippen LogP contribution is 2.37. The first-order valence-electron chi connectivity index (χ1n) is 9.59. The third-order valence-corrected chi connectivity index (χ3v) is 5.16. The summed E-state index contributed by atoms with van der Waals surface area (Å²) in [5, 5.41) is 3.52. The monoisotopic (exact) mass is 281 g/mol. The van der Waals surface area contributed by atoms with E-state index in [0.717, 1.165) is 18.4 Å². The van der Waals surface area contributed by atoms with E-state index in [9.17, 15) is 0 Å². The minimum Gasteiger partial charge on any atom is -0.317 e. The highest BCUT2D eigenvalue weighted by Gasteiger charge is 2.29. The van der Waals surface area contributed by atoms with E-state index in [1.54, 1.807) is 0 Å². The fraction of sp³-hybridized carbons (Fsp3) is 1.00. The van der Waals surface area contributed by atoms with Gasteiger partial charge in [-0.1, -0.05) is 84.5 Å².